The van der Waals surface area contributed by atoms with Crippen LogP contribution in [0.25, 0.3) is 0 Å². The highest BCUT2D eigenvalue weighted by Crippen LogP contribution is 2.12. The smallest absolute Gasteiger partial charge is 0.252 e. The quantitative estimate of drug-likeness (QED) is 0.864. The molecule has 1 amide bonds. The Hall–Kier alpha value is -2.93. The fraction of sp³-hybridized carbons (Fsp3) is 0.211. The maximum absolute atomic E-state index is 12.0. The fourth-order valence-corrected chi connectivity index (χ4v) is 1.92. The number of amides is 1. The predicted octanol–water partition coefficient (Wildman–Crippen LogP) is 2.88. The second kappa shape index (κ2) is 8.50. The highest BCUT2D eigenvalue weighted by atomic mass is 16.5. The summed E-state index contributed by atoms with van der Waals surface area (Å²) in [4.78, 5) is 12.0. The van der Waals surface area contributed by atoms with Crippen LogP contribution in [-0.4, -0.2) is 26.2 Å². The summed E-state index contributed by atoms with van der Waals surface area (Å²) in [6.07, 6.45) is 0. The Balaban J connectivity index is 1.85. The molecule has 0 heterocycles. The molecule has 4 nitrogen and oxygen atoms in total. The first-order valence-corrected chi connectivity index (χ1v) is 7.37. The zero-order valence-electron chi connectivity index (χ0n) is 13.3. The van der Waals surface area contributed by atoms with Crippen molar-refractivity contribution in [3.63, 3.8) is 0 Å². The van der Waals surface area contributed by atoms with Gasteiger partial charge in [-0.2, -0.15) is 0 Å². The Bertz CT molecular complexity index is 694. The van der Waals surface area contributed by atoms with Gasteiger partial charge in [0.15, 0.2) is 0 Å². The number of nitrogens with one attached hydrogen (secondary N) is 1. The van der Waals surface area contributed by atoms with Gasteiger partial charge in [-0.15, -0.1) is 0 Å². The largest absolute Gasteiger partial charge is 0.497 e. The average molecular weight is 309 g/mol. The first-order chi connectivity index (χ1) is 11.2. The Morgan fingerprint density at radius 1 is 1.04 bits per heavy atom. The van der Waals surface area contributed by atoms with Gasteiger partial charge in [0.2, 0.25) is 0 Å². The molecule has 0 fully saturated rings. The summed E-state index contributed by atoms with van der Waals surface area (Å²) < 4.78 is 10.4. The molecule has 0 bridgehead atoms. The van der Waals surface area contributed by atoms with E-state index in [0.717, 1.165) is 17.1 Å². The monoisotopic (exact) mass is 309 g/mol. The summed E-state index contributed by atoms with van der Waals surface area (Å²) in [5.74, 6) is 7.30. The molecule has 118 valence electrons. The van der Waals surface area contributed by atoms with Crippen molar-refractivity contribution in [1.29, 1.82) is 0 Å². The molecule has 2 aromatic rings. The SMILES string of the molecule is CCOc1ccc(C(=O)NCC#Cc2ccc(OC)cc2)cc1. The van der Waals surface area contributed by atoms with Gasteiger partial charge in [-0.05, 0) is 55.5 Å². The van der Waals surface area contributed by atoms with Gasteiger partial charge in [0.05, 0.1) is 20.3 Å². The van der Waals surface area contributed by atoms with E-state index in [1.165, 1.54) is 0 Å². The first-order valence-electron chi connectivity index (χ1n) is 7.37. The van der Waals surface area contributed by atoms with E-state index in [1.807, 2.05) is 31.2 Å². The summed E-state index contributed by atoms with van der Waals surface area (Å²) in [7, 11) is 1.62. The van der Waals surface area contributed by atoms with Crippen LogP contribution in [0.4, 0.5) is 0 Å². The topological polar surface area (TPSA) is 47.6 Å². The highest BCUT2D eigenvalue weighted by molar-refractivity contribution is 5.94. The van der Waals surface area contributed by atoms with E-state index in [2.05, 4.69) is 17.2 Å². The second-order valence-corrected chi connectivity index (χ2v) is 4.67. The highest BCUT2D eigenvalue weighted by Gasteiger charge is 2.03. The summed E-state index contributed by atoms with van der Waals surface area (Å²) in [6, 6.07) is 14.5. The molecule has 2 rings (SSSR count). The molecule has 0 aliphatic rings. The van der Waals surface area contributed by atoms with Gasteiger partial charge in [-0.1, -0.05) is 11.8 Å². The summed E-state index contributed by atoms with van der Waals surface area (Å²) >= 11 is 0. The van der Waals surface area contributed by atoms with Gasteiger partial charge in [-0.25, -0.2) is 0 Å². The van der Waals surface area contributed by atoms with Crippen LogP contribution in [0.5, 0.6) is 11.5 Å². The Morgan fingerprint density at radius 2 is 1.70 bits per heavy atom. The minimum atomic E-state index is -0.155. The van der Waals surface area contributed by atoms with Gasteiger partial charge in [0, 0.05) is 11.1 Å². The molecule has 0 aromatic heterocycles. The number of ether oxygens (including phenoxy) is 2. The van der Waals surface area contributed by atoms with E-state index in [4.69, 9.17) is 9.47 Å². The van der Waals surface area contributed by atoms with Crippen LogP contribution < -0.4 is 14.8 Å². The number of benzene rings is 2. The standard InChI is InChI=1S/C19H19NO3/c1-3-23-18-12-8-16(9-13-18)19(21)20-14-4-5-15-6-10-17(22-2)11-7-15/h6-13H,3,14H2,1-2H3,(H,20,21). The van der Waals surface area contributed by atoms with Crippen LogP contribution >= 0.6 is 0 Å². The molecule has 0 saturated carbocycles. The van der Waals surface area contributed by atoms with Crippen LogP contribution in [0, 0.1) is 11.8 Å². The normalized spacial score (nSPS) is 9.48. The Kier molecular flexibility index (Phi) is 6.07. The molecule has 0 spiro atoms. The zero-order valence-corrected chi connectivity index (χ0v) is 13.3. The lowest BCUT2D eigenvalue weighted by Crippen LogP contribution is -2.23. The van der Waals surface area contributed by atoms with Crippen molar-refractivity contribution >= 4 is 5.91 Å². The average Bonchev–Trinajstić information content (AvgIpc) is 2.60. The van der Waals surface area contributed by atoms with E-state index in [-0.39, 0.29) is 12.5 Å². The Labute approximate surface area is 136 Å². The number of methoxy groups -OCH3 is 1. The van der Waals surface area contributed by atoms with Crippen LogP contribution in [0.15, 0.2) is 48.5 Å². The van der Waals surface area contributed by atoms with Gasteiger partial charge < -0.3 is 14.8 Å². The summed E-state index contributed by atoms with van der Waals surface area (Å²) in [5.41, 5.74) is 1.46. The molecule has 0 saturated heterocycles. The third-order valence-corrected chi connectivity index (χ3v) is 3.09. The number of hydrogen-bond acceptors (Lipinski definition) is 3. The zero-order chi connectivity index (χ0) is 16.5. The minimum Gasteiger partial charge on any atom is -0.497 e. The van der Waals surface area contributed by atoms with E-state index >= 15 is 0 Å². The lowest BCUT2D eigenvalue weighted by atomic mass is 10.2. The number of rotatable bonds is 5. The number of carbonyl (C=O) groups is 1. The Morgan fingerprint density at radius 3 is 2.30 bits per heavy atom. The molecule has 0 atom stereocenters. The van der Waals surface area contributed by atoms with Crippen molar-refractivity contribution in [3.05, 3.63) is 59.7 Å². The molecule has 0 radical (unpaired) electrons. The molecule has 1 N–H and O–H groups in total. The van der Waals surface area contributed by atoms with E-state index < -0.39 is 0 Å². The molecule has 0 aliphatic carbocycles. The van der Waals surface area contributed by atoms with Crippen molar-refractivity contribution in [2.45, 2.75) is 6.92 Å². The first kappa shape index (κ1) is 16.4. The third-order valence-electron chi connectivity index (χ3n) is 3.09. The van der Waals surface area contributed by atoms with E-state index in [1.54, 1.807) is 31.4 Å². The molecule has 0 aliphatic heterocycles. The van der Waals surface area contributed by atoms with Crippen LogP contribution in [-0.2, 0) is 0 Å². The minimum absolute atomic E-state index is 0.155. The van der Waals surface area contributed by atoms with Gasteiger partial charge >= 0.3 is 0 Å². The van der Waals surface area contributed by atoms with Crippen LogP contribution in [0.2, 0.25) is 0 Å². The van der Waals surface area contributed by atoms with Crippen LogP contribution in [0.1, 0.15) is 22.8 Å². The van der Waals surface area contributed by atoms with E-state index in [0.29, 0.717) is 12.2 Å². The van der Waals surface area contributed by atoms with E-state index in [9.17, 15) is 4.79 Å². The van der Waals surface area contributed by atoms with Gasteiger partial charge in [-0.3, -0.25) is 4.79 Å². The number of carbonyl (C=O) groups excluding carboxylic acids is 1. The second-order valence-electron chi connectivity index (χ2n) is 4.67. The molecular formula is C19H19NO3. The summed E-state index contributed by atoms with van der Waals surface area (Å²) in [5, 5.41) is 2.77. The molecule has 4 heteroatoms. The molecular weight excluding hydrogens is 290 g/mol. The fourth-order valence-electron chi connectivity index (χ4n) is 1.92. The molecule has 23 heavy (non-hydrogen) atoms. The third kappa shape index (κ3) is 5.08. The van der Waals surface area contributed by atoms with Crippen molar-refractivity contribution in [3.8, 4) is 23.3 Å². The lowest BCUT2D eigenvalue weighted by Gasteiger charge is -2.04. The summed E-state index contributed by atoms with van der Waals surface area (Å²) in [6.45, 7) is 2.81. The lowest BCUT2D eigenvalue weighted by molar-refractivity contribution is 0.0958. The van der Waals surface area contributed by atoms with Gasteiger partial charge in [0.1, 0.15) is 11.5 Å². The van der Waals surface area contributed by atoms with Gasteiger partial charge in [0.25, 0.3) is 5.91 Å². The molecule has 0 unspecified atom stereocenters. The van der Waals surface area contributed by atoms with Crippen molar-refractivity contribution < 1.29 is 14.3 Å². The van der Waals surface area contributed by atoms with Crippen molar-refractivity contribution in [2.75, 3.05) is 20.3 Å². The maximum atomic E-state index is 12.0. The number of hydrogen-bond donors (Lipinski definition) is 1. The predicted molar refractivity (Wildman–Crippen MR) is 89.8 cm³/mol. The molecule has 2 aromatic carbocycles. The van der Waals surface area contributed by atoms with Crippen molar-refractivity contribution in [2.24, 2.45) is 0 Å². The van der Waals surface area contributed by atoms with Crippen molar-refractivity contribution in [1.82, 2.24) is 5.32 Å². The van der Waals surface area contributed by atoms with Crippen LogP contribution in [0.3, 0.4) is 0 Å². The maximum Gasteiger partial charge on any atom is 0.252 e.